The molecule has 0 amide bonds. The van der Waals surface area contributed by atoms with Crippen molar-refractivity contribution in [2.75, 3.05) is 20.3 Å². The van der Waals surface area contributed by atoms with Crippen LogP contribution in [0, 0.1) is 5.92 Å². The van der Waals surface area contributed by atoms with E-state index in [4.69, 9.17) is 30.2 Å². The number of carbonyl (C=O) groups is 1. The van der Waals surface area contributed by atoms with Crippen LogP contribution in [-0.4, -0.2) is 32.4 Å². The molecule has 2 aliphatic carbocycles. The van der Waals surface area contributed by atoms with Crippen LogP contribution < -0.4 is 10.2 Å². The second-order valence-electron chi connectivity index (χ2n) is 8.65. The van der Waals surface area contributed by atoms with Gasteiger partial charge in [0.1, 0.15) is 18.1 Å². The third-order valence-corrected chi connectivity index (χ3v) is 6.64. The second-order valence-corrected chi connectivity index (χ2v) is 9.06. The molecule has 2 fully saturated rings. The lowest BCUT2D eigenvalue weighted by atomic mass is 9.82. The Morgan fingerprint density at radius 3 is 2.70 bits per heavy atom. The number of methoxy groups -OCH3 is 1. The van der Waals surface area contributed by atoms with Crippen LogP contribution in [0.25, 0.3) is 22.3 Å². The van der Waals surface area contributed by atoms with E-state index >= 15 is 0 Å². The average molecular weight is 469 g/mol. The van der Waals surface area contributed by atoms with Gasteiger partial charge in [-0.25, -0.2) is 0 Å². The number of benzene rings is 2. The largest absolute Gasteiger partial charge is 0.491 e. The number of fused-ring (bicyclic) bond motifs is 1. The normalized spacial score (nSPS) is 19.8. The molecule has 0 unspecified atom stereocenters. The first-order valence-corrected chi connectivity index (χ1v) is 11.6. The first kappa shape index (κ1) is 22.0. The highest BCUT2D eigenvalue weighted by molar-refractivity contribution is 6.34. The Labute approximate surface area is 196 Å². The zero-order valence-electron chi connectivity index (χ0n) is 18.3. The molecule has 172 valence electrons. The molecule has 0 spiro atoms. The molecule has 2 aromatic carbocycles. The van der Waals surface area contributed by atoms with E-state index in [2.05, 4.69) is 0 Å². The van der Waals surface area contributed by atoms with Crippen LogP contribution >= 0.6 is 11.6 Å². The number of hydrogen-bond donors (Lipinski definition) is 0. The molecule has 0 saturated heterocycles. The summed E-state index contributed by atoms with van der Waals surface area (Å²) in [4.78, 5) is 24.0. The van der Waals surface area contributed by atoms with Gasteiger partial charge in [-0.1, -0.05) is 17.7 Å². The number of halogens is 1. The van der Waals surface area contributed by atoms with Crippen LogP contribution in [0.15, 0.2) is 51.7 Å². The van der Waals surface area contributed by atoms with E-state index in [1.165, 1.54) is 13.2 Å². The Balaban J connectivity index is 1.27. The van der Waals surface area contributed by atoms with E-state index < -0.39 is 0 Å². The van der Waals surface area contributed by atoms with Crippen molar-refractivity contribution in [3.05, 3.63) is 63.3 Å². The van der Waals surface area contributed by atoms with Gasteiger partial charge in [-0.2, -0.15) is 0 Å². The fourth-order valence-corrected chi connectivity index (χ4v) is 4.47. The highest BCUT2D eigenvalue weighted by Gasteiger charge is 2.36. The third-order valence-electron chi connectivity index (χ3n) is 6.34. The standard InChI is InChI=1S/C26H25ClO6/c1-30-26(29)17-11-18(12-17)31-9-10-32-23-8-7-16(13-20(23)15-5-6-15)24-14-22(28)19-3-2-4-21(27)25(19)33-24/h2-4,7-8,13-15,17-18H,5-6,9-12H2,1H3. The minimum atomic E-state index is -0.162. The molecule has 0 radical (unpaired) electrons. The Morgan fingerprint density at radius 2 is 1.94 bits per heavy atom. The summed E-state index contributed by atoms with van der Waals surface area (Å²) in [5, 5.41) is 0.885. The Hall–Kier alpha value is -2.83. The fourth-order valence-electron chi connectivity index (χ4n) is 4.26. The van der Waals surface area contributed by atoms with Crippen LogP contribution in [0.5, 0.6) is 5.75 Å². The Bertz CT molecular complexity index is 1240. The lowest BCUT2D eigenvalue weighted by Gasteiger charge is -2.32. The number of rotatable bonds is 8. The van der Waals surface area contributed by atoms with E-state index in [0.29, 0.717) is 53.7 Å². The molecule has 7 heteroatoms. The average Bonchev–Trinajstić information content (AvgIpc) is 3.63. The molecule has 1 heterocycles. The van der Waals surface area contributed by atoms with Crippen LogP contribution in [0.2, 0.25) is 5.02 Å². The summed E-state index contributed by atoms with van der Waals surface area (Å²) in [6.07, 6.45) is 3.72. The molecular weight excluding hydrogens is 444 g/mol. The summed E-state index contributed by atoms with van der Waals surface area (Å²) in [6.45, 7) is 0.890. The van der Waals surface area contributed by atoms with Gasteiger partial charge in [0.05, 0.1) is 36.1 Å². The van der Waals surface area contributed by atoms with Crippen LogP contribution in [0.1, 0.15) is 37.2 Å². The monoisotopic (exact) mass is 468 g/mol. The molecule has 5 rings (SSSR count). The molecule has 0 aliphatic heterocycles. The van der Waals surface area contributed by atoms with Gasteiger partial charge in [-0.05, 0) is 67.5 Å². The molecule has 0 N–H and O–H groups in total. The molecule has 33 heavy (non-hydrogen) atoms. The lowest BCUT2D eigenvalue weighted by molar-refractivity contribution is -0.155. The van der Waals surface area contributed by atoms with E-state index in [1.807, 2.05) is 18.2 Å². The Morgan fingerprint density at radius 1 is 1.12 bits per heavy atom. The molecular formula is C26H25ClO6. The SMILES string of the molecule is COC(=O)C1CC(OCCOc2ccc(-c3cc(=O)c4cccc(Cl)c4o3)cc2C2CC2)C1. The van der Waals surface area contributed by atoms with Crippen molar-refractivity contribution in [3.8, 4) is 17.1 Å². The molecule has 2 saturated carbocycles. The smallest absolute Gasteiger partial charge is 0.308 e. The van der Waals surface area contributed by atoms with Gasteiger partial charge in [0.15, 0.2) is 11.0 Å². The van der Waals surface area contributed by atoms with Gasteiger partial charge in [0, 0.05) is 11.6 Å². The molecule has 2 aliphatic rings. The van der Waals surface area contributed by atoms with Gasteiger partial charge in [-0.15, -0.1) is 0 Å². The highest BCUT2D eigenvalue weighted by Crippen LogP contribution is 2.45. The number of para-hydroxylation sites is 1. The number of esters is 1. The quantitative estimate of drug-likeness (QED) is 0.328. The molecule has 3 aromatic rings. The summed E-state index contributed by atoms with van der Waals surface area (Å²) in [7, 11) is 1.41. The van der Waals surface area contributed by atoms with Gasteiger partial charge in [0.25, 0.3) is 0 Å². The third kappa shape index (κ3) is 4.63. The number of carbonyl (C=O) groups excluding carboxylic acids is 1. The highest BCUT2D eigenvalue weighted by atomic mass is 35.5. The van der Waals surface area contributed by atoms with Crippen molar-refractivity contribution >= 4 is 28.5 Å². The first-order valence-electron chi connectivity index (χ1n) is 11.2. The fraction of sp³-hybridized carbons (Fsp3) is 0.385. The molecule has 0 bridgehead atoms. The van der Waals surface area contributed by atoms with Gasteiger partial charge in [-0.3, -0.25) is 9.59 Å². The first-order chi connectivity index (χ1) is 16.0. The summed E-state index contributed by atoms with van der Waals surface area (Å²) in [5.74, 6) is 1.56. The van der Waals surface area contributed by atoms with E-state index in [-0.39, 0.29) is 23.4 Å². The zero-order chi connectivity index (χ0) is 22.9. The number of hydrogen-bond acceptors (Lipinski definition) is 6. The van der Waals surface area contributed by atoms with Crippen molar-refractivity contribution in [2.24, 2.45) is 5.92 Å². The summed E-state index contributed by atoms with van der Waals surface area (Å²) < 4.78 is 22.6. The Kier molecular flexibility index (Phi) is 6.13. The van der Waals surface area contributed by atoms with Crippen molar-refractivity contribution in [3.63, 3.8) is 0 Å². The zero-order valence-corrected chi connectivity index (χ0v) is 19.1. The molecule has 6 nitrogen and oxygen atoms in total. The van der Waals surface area contributed by atoms with Gasteiger partial charge < -0.3 is 18.6 Å². The van der Waals surface area contributed by atoms with Crippen molar-refractivity contribution in [2.45, 2.75) is 37.7 Å². The van der Waals surface area contributed by atoms with Crippen LogP contribution in [-0.2, 0) is 14.3 Å². The molecule has 1 aromatic heterocycles. The van der Waals surface area contributed by atoms with E-state index in [1.54, 1.807) is 18.2 Å². The van der Waals surface area contributed by atoms with Crippen molar-refractivity contribution in [1.29, 1.82) is 0 Å². The van der Waals surface area contributed by atoms with Gasteiger partial charge >= 0.3 is 5.97 Å². The minimum Gasteiger partial charge on any atom is -0.491 e. The molecule has 0 atom stereocenters. The minimum absolute atomic E-state index is 0.0417. The maximum Gasteiger partial charge on any atom is 0.308 e. The van der Waals surface area contributed by atoms with E-state index in [9.17, 15) is 9.59 Å². The van der Waals surface area contributed by atoms with Crippen LogP contribution in [0.3, 0.4) is 0 Å². The van der Waals surface area contributed by atoms with Crippen molar-refractivity contribution < 1.29 is 23.4 Å². The van der Waals surface area contributed by atoms with Gasteiger partial charge in [0.2, 0.25) is 0 Å². The number of ether oxygens (including phenoxy) is 3. The van der Waals surface area contributed by atoms with E-state index in [0.717, 1.165) is 29.7 Å². The summed E-state index contributed by atoms with van der Waals surface area (Å²) in [6, 6.07) is 12.5. The maximum absolute atomic E-state index is 12.6. The summed E-state index contributed by atoms with van der Waals surface area (Å²) in [5.41, 5.74) is 2.22. The predicted molar refractivity (Wildman–Crippen MR) is 125 cm³/mol. The van der Waals surface area contributed by atoms with Crippen LogP contribution in [0.4, 0.5) is 0 Å². The second kappa shape index (κ2) is 9.20. The van der Waals surface area contributed by atoms with Crippen molar-refractivity contribution in [1.82, 2.24) is 0 Å². The topological polar surface area (TPSA) is 75.0 Å². The lowest BCUT2D eigenvalue weighted by Crippen LogP contribution is -2.37. The maximum atomic E-state index is 12.6. The predicted octanol–water partition coefficient (Wildman–Crippen LogP) is 5.34. The summed E-state index contributed by atoms with van der Waals surface area (Å²) >= 11 is 6.26.